The first-order valence-corrected chi connectivity index (χ1v) is 11.1. The summed E-state index contributed by atoms with van der Waals surface area (Å²) in [4.78, 5) is 5.70. The molecule has 10 heteroatoms. The number of pyridine rings is 1. The van der Waals surface area contributed by atoms with Crippen molar-refractivity contribution in [2.75, 3.05) is 24.7 Å². The minimum atomic E-state index is -4.45. The van der Waals surface area contributed by atoms with Crippen molar-refractivity contribution >= 4 is 18.4 Å². The molecule has 0 spiro atoms. The molecule has 0 radical (unpaired) electrons. The van der Waals surface area contributed by atoms with E-state index >= 15 is 0 Å². The molecule has 0 aromatic carbocycles. The quantitative estimate of drug-likeness (QED) is 0.599. The van der Waals surface area contributed by atoms with Crippen LogP contribution in [0.2, 0.25) is 0 Å². The molecule has 1 unspecified atom stereocenters. The van der Waals surface area contributed by atoms with Crippen molar-refractivity contribution < 1.29 is 32.0 Å². The van der Waals surface area contributed by atoms with Crippen molar-refractivity contribution in [1.29, 1.82) is 0 Å². The van der Waals surface area contributed by atoms with Gasteiger partial charge in [-0.2, -0.15) is 18.2 Å². The topological polar surface area (TPSA) is 53.0 Å². The zero-order chi connectivity index (χ0) is 23.9. The summed E-state index contributed by atoms with van der Waals surface area (Å²) in [5.41, 5.74) is -1.13. The maximum absolute atomic E-state index is 13.7. The smallest absolute Gasteiger partial charge is 0.472 e. The van der Waals surface area contributed by atoms with E-state index in [9.17, 15) is 13.2 Å². The van der Waals surface area contributed by atoms with Gasteiger partial charge in [-0.05, 0) is 59.5 Å². The SMILES string of the molecule is CCCC(C)(C)Oc1cc(B2OC(C)(C)C(C)(C)O2)cc(N2CCOCC2C(F)(F)F)n1. The number of rotatable bonds is 6. The first kappa shape index (κ1) is 25.1. The summed E-state index contributed by atoms with van der Waals surface area (Å²) in [5, 5.41) is 0. The van der Waals surface area contributed by atoms with E-state index in [-0.39, 0.29) is 24.8 Å². The molecule has 2 saturated heterocycles. The van der Waals surface area contributed by atoms with Crippen molar-refractivity contribution in [2.45, 2.75) is 90.3 Å². The van der Waals surface area contributed by atoms with Gasteiger partial charge in [0, 0.05) is 12.6 Å². The molecular weight excluding hydrogens is 424 g/mol. The van der Waals surface area contributed by atoms with Gasteiger partial charge in [-0.15, -0.1) is 0 Å². The van der Waals surface area contributed by atoms with Gasteiger partial charge in [0.15, 0.2) is 0 Å². The summed E-state index contributed by atoms with van der Waals surface area (Å²) >= 11 is 0. The van der Waals surface area contributed by atoms with Crippen LogP contribution in [0.25, 0.3) is 0 Å². The van der Waals surface area contributed by atoms with E-state index in [0.29, 0.717) is 5.46 Å². The zero-order valence-electron chi connectivity index (χ0n) is 20.0. The highest BCUT2D eigenvalue weighted by molar-refractivity contribution is 6.62. The van der Waals surface area contributed by atoms with Gasteiger partial charge in [0.25, 0.3) is 0 Å². The number of halogens is 3. The third kappa shape index (κ3) is 5.34. The third-order valence-electron chi connectivity index (χ3n) is 6.37. The Balaban J connectivity index is 2.03. The van der Waals surface area contributed by atoms with Gasteiger partial charge in [0.1, 0.15) is 17.5 Å². The fourth-order valence-corrected chi connectivity index (χ4v) is 3.91. The lowest BCUT2D eigenvalue weighted by Gasteiger charge is -2.38. The molecule has 1 atom stereocenters. The lowest BCUT2D eigenvalue weighted by Crippen LogP contribution is -2.54. The molecule has 6 nitrogen and oxygen atoms in total. The second kappa shape index (κ2) is 8.68. The molecule has 2 fully saturated rings. The molecule has 3 heterocycles. The van der Waals surface area contributed by atoms with E-state index in [4.69, 9.17) is 18.8 Å². The van der Waals surface area contributed by atoms with Crippen LogP contribution in [0.15, 0.2) is 12.1 Å². The molecule has 0 N–H and O–H groups in total. The van der Waals surface area contributed by atoms with Crippen LogP contribution in [0.5, 0.6) is 5.88 Å². The van der Waals surface area contributed by atoms with Crippen LogP contribution >= 0.6 is 0 Å². The zero-order valence-corrected chi connectivity index (χ0v) is 20.0. The largest absolute Gasteiger partial charge is 0.495 e. The van der Waals surface area contributed by atoms with E-state index in [1.807, 2.05) is 48.5 Å². The van der Waals surface area contributed by atoms with Gasteiger partial charge in [-0.25, -0.2) is 0 Å². The fraction of sp³-hybridized carbons (Fsp3) is 0.773. The van der Waals surface area contributed by atoms with Crippen LogP contribution in [-0.2, 0) is 14.0 Å². The van der Waals surface area contributed by atoms with Crippen molar-refractivity contribution in [2.24, 2.45) is 0 Å². The van der Waals surface area contributed by atoms with E-state index in [2.05, 4.69) is 4.98 Å². The van der Waals surface area contributed by atoms with E-state index in [0.717, 1.165) is 12.8 Å². The van der Waals surface area contributed by atoms with Crippen LogP contribution in [0.1, 0.15) is 61.3 Å². The first-order valence-electron chi connectivity index (χ1n) is 11.1. The average molecular weight is 458 g/mol. The summed E-state index contributed by atoms with van der Waals surface area (Å²) < 4.78 is 64.7. The Bertz CT molecular complexity index is 801. The summed E-state index contributed by atoms with van der Waals surface area (Å²) in [6.45, 7) is 13.5. The monoisotopic (exact) mass is 458 g/mol. The minimum Gasteiger partial charge on any atom is -0.472 e. The van der Waals surface area contributed by atoms with Crippen molar-refractivity contribution in [3.05, 3.63) is 12.1 Å². The number of anilines is 1. The number of hydrogen-bond acceptors (Lipinski definition) is 6. The maximum Gasteiger partial charge on any atom is 0.495 e. The summed E-state index contributed by atoms with van der Waals surface area (Å²) in [5.74, 6) is 0.420. The second-order valence-electron chi connectivity index (χ2n) is 10.1. The molecule has 1 aromatic heterocycles. The van der Waals surface area contributed by atoms with Crippen molar-refractivity contribution in [3.8, 4) is 5.88 Å². The highest BCUT2D eigenvalue weighted by Gasteiger charge is 2.52. The predicted octanol–water partition coefficient (Wildman–Crippen LogP) is 4.11. The Labute approximate surface area is 188 Å². The Morgan fingerprint density at radius 3 is 2.34 bits per heavy atom. The number of nitrogens with zero attached hydrogens (tertiary/aromatic N) is 2. The summed E-state index contributed by atoms with van der Waals surface area (Å²) in [7, 11) is -0.747. The van der Waals surface area contributed by atoms with Crippen LogP contribution in [0, 0.1) is 0 Å². The molecule has 32 heavy (non-hydrogen) atoms. The molecular formula is C22H34BF3N2O4. The van der Waals surface area contributed by atoms with E-state index in [1.54, 1.807) is 12.1 Å². The lowest BCUT2D eigenvalue weighted by molar-refractivity contribution is -0.167. The van der Waals surface area contributed by atoms with Gasteiger partial charge in [0.2, 0.25) is 5.88 Å². The second-order valence-corrected chi connectivity index (χ2v) is 10.1. The molecule has 3 rings (SSSR count). The van der Waals surface area contributed by atoms with Gasteiger partial charge >= 0.3 is 13.3 Å². The van der Waals surface area contributed by atoms with E-state index < -0.39 is 42.7 Å². The molecule has 0 saturated carbocycles. The Hall–Kier alpha value is -1.52. The minimum absolute atomic E-state index is 0.0712. The number of alkyl halides is 3. The third-order valence-corrected chi connectivity index (χ3v) is 6.37. The molecule has 1 aromatic rings. The number of ether oxygens (including phenoxy) is 2. The van der Waals surface area contributed by atoms with Crippen LogP contribution < -0.4 is 15.1 Å². The summed E-state index contributed by atoms with van der Waals surface area (Å²) in [6, 6.07) is 1.52. The Morgan fingerprint density at radius 2 is 1.78 bits per heavy atom. The van der Waals surface area contributed by atoms with Crippen LogP contribution in [0.4, 0.5) is 19.0 Å². The van der Waals surface area contributed by atoms with Crippen LogP contribution in [-0.4, -0.2) is 60.9 Å². The van der Waals surface area contributed by atoms with Crippen molar-refractivity contribution in [3.63, 3.8) is 0 Å². The van der Waals surface area contributed by atoms with Gasteiger partial charge in [0.05, 0.1) is 24.4 Å². The summed E-state index contributed by atoms with van der Waals surface area (Å²) in [6.07, 6.45) is -2.78. The number of aromatic nitrogens is 1. The molecule has 2 aliphatic rings. The number of morpholine rings is 1. The number of hydrogen-bond donors (Lipinski definition) is 0. The fourth-order valence-electron chi connectivity index (χ4n) is 3.91. The highest BCUT2D eigenvalue weighted by Crippen LogP contribution is 2.37. The van der Waals surface area contributed by atoms with Gasteiger partial charge in [-0.3, -0.25) is 0 Å². The molecule has 0 amide bonds. The highest BCUT2D eigenvalue weighted by atomic mass is 19.4. The van der Waals surface area contributed by atoms with E-state index in [1.165, 1.54) is 4.90 Å². The molecule has 0 aliphatic carbocycles. The molecule has 0 bridgehead atoms. The molecule has 2 aliphatic heterocycles. The normalized spacial score (nSPS) is 23.5. The lowest BCUT2D eigenvalue weighted by atomic mass is 9.79. The Kier molecular flexibility index (Phi) is 6.82. The van der Waals surface area contributed by atoms with Crippen LogP contribution in [0.3, 0.4) is 0 Å². The Morgan fingerprint density at radius 1 is 1.16 bits per heavy atom. The molecule has 180 valence electrons. The van der Waals surface area contributed by atoms with Crippen molar-refractivity contribution in [1.82, 2.24) is 4.98 Å². The predicted molar refractivity (Wildman–Crippen MR) is 118 cm³/mol. The standard InChI is InChI=1S/C22H34BF3N2O4/c1-8-9-19(2,3)30-18-13-15(23-31-20(4,5)21(6,7)32-23)12-17(27-18)28-10-11-29-14-16(28)22(24,25)26/h12-13,16H,8-11,14H2,1-7H3. The maximum atomic E-state index is 13.7. The van der Waals surface area contributed by atoms with Gasteiger partial charge < -0.3 is 23.7 Å². The first-order chi connectivity index (χ1) is 14.7. The average Bonchev–Trinajstić information content (AvgIpc) is 2.88. The van der Waals surface area contributed by atoms with Gasteiger partial charge in [-0.1, -0.05) is 13.3 Å².